The molecule has 0 amide bonds. The number of piperidine rings is 2. The molecule has 0 radical (unpaired) electrons. The van der Waals surface area contributed by atoms with Gasteiger partial charge in [0, 0.05) is 37.4 Å². The number of hydrogen-bond donors (Lipinski definition) is 1. The van der Waals surface area contributed by atoms with E-state index >= 15 is 0 Å². The fourth-order valence-electron chi connectivity index (χ4n) is 4.89. The molecule has 10 heteroatoms. The predicted octanol–water partition coefficient (Wildman–Crippen LogP) is 3.82. The molecule has 0 aliphatic carbocycles. The monoisotopic (exact) mass is 533 g/mol. The van der Waals surface area contributed by atoms with E-state index in [2.05, 4.69) is 12.2 Å². The summed E-state index contributed by atoms with van der Waals surface area (Å²) in [5.74, 6) is 0.405. The topological polar surface area (TPSA) is 104 Å². The zero-order valence-corrected chi connectivity index (χ0v) is 22.5. The van der Waals surface area contributed by atoms with Gasteiger partial charge in [-0.1, -0.05) is 26.0 Å². The van der Waals surface area contributed by atoms with Crippen LogP contribution < -0.4 is 5.32 Å². The van der Waals surface area contributed by atoms with E-state index in [1.807, 2.05) is 6.92 Å². The number of carbonyl (C=O) groups is 1. The molecule has 2 unspecified atom stereocenters. The summed E-state index contributed by atoms with van der Waals surface area (Å²) in [4.78, 5) is 13.2. The van der Waals surface area contributed by atoms with Gasteiger partial charge in [-0.25, -0.2) is 16.8 Å². The van der Waals surface area contributed by atoms with Crippen LogP contribution in [0, 0.1) is 11.8 Å². The van der Waals surface area contributed by atoms with Crippen molar-refractivity contribution in [3.05, 3.63) is 54.1 Å². The van der Waals surface area contributed by atoms with Crippen molar-refractivity contribution in [3.8, 4) is 0 Å². The molecule has 2 aliphatic heterocycles. The Morgan fingerprint density at radius 2 is 1.39 bits per heavy atom. The van der Waals surface area contributed by atoms with Crippen molar-refractivity contribution in [1.82, 2.24) is 8.61 Å². The molecule has 36 heavy (non-hydrogen) atoms. The van der Waals surface area contributed by atoms with E-state index < -0.39 is 20.0 Å². The van der Waals surface area contributed by atoms with Crippen molar-refractivity contribution < 1.29 is 21.6 Å². The summed E-state index contributed by atoms with van der Waals surface area (Å²) in [6.07, 6.45) is 3.75. The Bertz CT molecular complexity index is 1290. The quantitative estimate of drug-likeness (QED) is 0.518. The molecule has 2 aromatic rings. The third-order valence-electron chi connectivity index (χ3n) is 6.98. The number of hydrogen-bond acceptors (Lipinski definition) is 6. The second-order valence-corrected chi connectivity index (χ2v) is 13.9. The van der Waals surface area contributed by atoms with Gasteiger partial charge in [-0.05, 0) is 73.9 Å². The van der Waals surface area contributed by atoms with Crippen molar-refractivity contribution >= 4 is 31.5 Å². The Balaban J connectivity index is 1.40. The molecule has 2 aliphatic rings. The molecule has 0 aromatic heterocycles. The second kappa shape index (κ2) is 11.0. The van der Waals surface area contributed by atoms with Crippen molar-refractivity contribution in [2.24, 2.45) is 11.8 Å². The van der Waals surface area contributed by atoms with Crippen LogP contribution in [0.1, 0.15) is 49.9 Å². The normalized spacial score (nSPS) is 22.3. The number of nitrogens with zero attached hydrogens (tertiary/aromatic N) is 2. The van der Waals surface area contributed by atoms with Gasteiger partial charge in [0.1, 0.15) is 0 Å². The fraction of sp³-hybridized carbons (Fsp3) is 0.500. The summed E-state index contributed by atoms with van der Waals surface area (Å²) in [6, 6.07) is 12.6. The highest BCUT2D eigenvalue weighted by atomic mass is 32.2. The van der Waals surface area contributed by atoms with Crippen LogP contribution in [-0.4, -0.2) is 64.0 Å². The number of carbonyl (C=O) groups excluding carboxylic acids is 1. The van der Waals surface area contributed by atoms with E-state index in [0.29, 0.717) is 49.3 Å². The van der Waals surface area contributed by atoms with Crippen molar-refractivity contribution in [1.29, 1.82) is 0 Å². The standard InChI is InChI=1S/C26H35N3O5S2/c1-20-6-4-14-28(18-20)35(31,32)24-12-10-23(11-13-24)27-17-26(30)22-8-3-9-25(16-22)36(33,34)29-15-5-7-21(2)19-29/h3,8-13,16,20-21,27H,4-7,14-15,17-19H2,1-2H3. The highest BCUT2D eigenvalue weighted by molar-refractivity contribution is 7.89. The van der Waals surface area contributed by atoms with Crippen LogP contribution in [0.4, 0.5) is 5.69 Å². The van der Waals surface area contributed by atoms with Crippen LogP contribution in [0.2, 0.25) is 0 Å². The first-order chi connectivity index (χ1) is 17.1. The lowest BCUT2D eigenvalue weighted by molar-refractivity contribution is 0.101. The van der Waals surface area contributed by atoms with Crippen LogP contribution in [0.25, 0.3) is 0 Å². The molecule has 196 valence electrons. The minimum atomic E-state index is -3.65. The maximum Gasteiger partial charge on any atom is 0.243 e. The number of benzene rings is 2. The first kappa shape index (κ1) is 26.8. The minimum Gasteiger partial charge on any atom is -0.378 e. The highest BCUT2D eigenvalue weighted by Gasteiger charge is 2.30. The molecule has 8 nitrogen and oxygen atoms in total. The number of rotatable bonds is 8. The van der Waals surface area contributed by atoms with Gasteiger partial charge in [0.15, 0.2) is 5.78 Å². The molecule has 1 N–H and O–H groups in total. The Morgan fingerprint density at radius 1 is 0.833 bits per heavy atom. The lowest BCUT2D eigenvalue weighted by atomic mass is 10.0. The molecule has 0 saturated carbocycles. The van der Waals surface area contributed by atoms with Gasteiger partial charge in [-0.3, -0.25) is 4.79 Å². The van der Waals surface area contributed by atoms with Crippen LogP contribution in [0.3, 0.4) is 0 Å². The number of Topliss-reactive ketones (excluding diaryl/α,β-unsaturated/α-hetero) is 1. The van der Waals surface area contributed by atoms with Crippen molar-refractivity contribution in [2.75, 3.05) is 38.0 Å². The maximum atomic E-state index is 13.1. The summed E-state index contributed by atoms with van der Waals surface area (Å²) in [5.41, 5.74) is 0.924. The Morgan fingerprint density at radius 3 is 1.94 bits per heavy atom. The summed E-state index contributed by atoms with van der Waals surface area (Å²) < 4.78 is 55.1. The number of anilines is 1. The Kier molecular flexibility index (Phi) is 8.18. The lowest BCUT2D eigenvalue weighted by Crippen LogP contribution is -2.39. The predicted molar refractivity (Wildman–Crippen MR) is 140 cm³/mol. The molecular formula is C26H35N3O5S2. The molecule has 0 bridgehead atoms. The molecule has 2 heterocycles. The number of nitrogens with one attached hydrogen (secondary N) is 1. The molecule has 4 rings (SSSR count). The summed E-state index contributed by atoms with van der Waals surface area (Å²) >= 11 is 0. The van der Waals surface area contributed by atoms with Crippen LogP contribution in [-0.2, 0) is 20.0 Å². The van der Waals surface area contributed by atoms with E-state index in [4.69, 9.17) is 0 Å². The van der Waals surface area contributed by atoms with Crippen molar-refractivity contribution in [2.45, 2.75) is 49.3 Å². The number of sulfonamides is 2. The van der Waals surface area contributed by atoms with Gasteiger partial charge in [0.2, 0.25) is 20.0 Å². The van der Waals surface area contributed by atoms with Crippen molar-refractivity contribution in [3.63, 3.8) is 0 Å². The Hall–Kier alpha value is -2.27. The largest absolute Gasteiger partial charge is 0.378 e. The average Bonchev–Trinajstić information content (AvgIpc) is 2.87. The smallest absolute Gasteiger partial charge is 0.243 e. The highest BCUT2D eigenvalue weighted by Crippen LogP contribution is 2.26. The summed E-state index contributed by atoms with van der Waals surface area (Å²) in [5, 5.41) is 3.02. The first-order valence-corrected chi connectivity index (χ1v) is 15.4. The van der Waals surface area contributed by atoms with E-state index in [-0.39, 0.29) is 22.1 Å². The molecule has 2 fully saturated rings. The molecule has 2 saturated heterocycles. The lowest BCUT2D eigenvalue weighted by Gasteiger charge is -2.30. The van der Waals surface area contributed by atoms with Gasteiger partial charge in [-0.15, -0.1) is 0 Å². The van der Waals surface area contributed by atoms with Gasteiger partial charge in [0.25, 0.3) is 0 Å². The number of ketones is 1. The molecule has 2 atom stereocenters. The van der Waals surface area contributed by atoms with E-state index in [0.717, 1.165) is 25.7 Å². The Labute approximate surface area is 214 Å². The van der Waals surface area contributed by atoms with Gasteiger partial charge in [-0.2, -0.15) is 8.61 Å². The van der Waals surface area contributed by atoms with E-state index in [1.54, 1.807) is 40.7 Å². The van der Waals surface area contributed by atoms with E-state index in [9.17, 15) is 21.6 Å². The van der Waals surface area contributed by atoms with Gasteiger partial charge in [0.05, 0.1) is 16.3 Å². The maximum absolute atomic E-state index is 13.1. The van der Waals surface area contributed by atoms with Crippen LogP contribution in [0.5, 0.6) is 0 Å². The molecular weight excluding hydrogens is 498 g/mol. The summed E-state index contributed by atoms with van der Waals surface area (Å²) in [6.45, 7) is 6.11. The van der Waals surface area contributed by atoms with Gasteiger partial charge < -0.3 is 5.32 Å². The third-order valence-corrected chi connectivity index (χ3v) is 10.7. The van der Waals surface area contributed by atoms with Crippen LogP contribution in [0.15, 0.2) is 58.3 Å². The zero-order chi connectivity index (χ0) is 25.9. The van der Waals surface area contributed by atoms with Gasteiger partial charge >= 0.3 is 0 Å². The molecule has 0 spiro atoms. The second-order valence-electron chi connectivity index (χ2n) is 10.0. The van der Waals surface area contributed by atoms with E-state index in [1.165, 1.54) is 16.4 Å². The fourth-order valence-corrected chi connectivity index (χ4v) is 8.13. The first-order valence-electron chi connectivity index (χ1n) is 12.5. The third kappa shape index (κ3) is 5.99. The summed E-state index contributed by atoms with van der Waals surface area (Å²) in [7, 11) is -7.19. The SMILES string of the molecule is CC1CCCN(S(=O)(=O)c2ccc(NCC(=O)c3cccc(S(=O)(=O)N4CCCC(C)C4)c3)cc2)C1. The zero-order valence-electron chi connectivity index (χ0n) is 20.9. The minimum absolute atomic E-state index is 0.0417. The average molecular weight is 534 g/mol. The molecule has 2 aromatic carbocycles. The van der Waals surface area contributed by atoms with Crippen LogP contribution >= 0.6 is 0 Å².